The molecule has 3 aromatic rings. The first-order chi connectivity index (χ1) is 16.2. The minimum Gasteiger partial charge on any atom is -0.493 e. The van der Waals surface area contributed by atoms with Crippen molar-refractivity contribution in [3.05, 3.63) is 78.1 Å². The summed E-state index contributed by atoms with van der Waals surface area (Å²) in [7, 11) is 1.61. The average Bonchev–Trinajstić information content (AvgIpc) is 3.37. The highest BCUT2D eigenvalue weighted by atomic mass is 16.5. The third kappa shape index (κ3) is 6.48. The van der Waals surface area contributed by atoms with Crippen LogP contribution in [0, 0.1) is 5.92 Å². The van der Waals surface area contributed by atoms with Gasteiger partial charge in [-0.15, -0.1) is 0 Å². The van der Waals surface area contributed by atoms with Gasteiger partial charge < -0.3 is 20.1 Å². The van der Waals surface area contributed by atoms with E-state index >= 15 is 0 Å². The van der Waals surface area contributed by atoms with Crippen LogP contribution in [0.25, 0.3) is 0 Å². The number of aromatic nitrogens is 1. The zero-order chi connectivity index (χ0) is 22.9. The van der Waals surface area contributed by atoms with E-state index in [4.69, 9.17) is 9.47 Å². The Hall–Kier alpha value is -3.54. The predicted octanol–water partition coefficient (Wildman–Crippen LogP) is 5.72. The predicted molar refractivity (Wildman–Crippen MR) is 130 cm³/mol. The lowest BCUT2D eigenvalue weighted by Gasteiger charge is -2.14. The maximum Gasteiger partial charge on any atom is 0.251 e. The van der Waals surface area contributed by atoms with Crippen molar-refractivity contribution < 1.29 is 14.3 Å². The second-order valence-electron chi connectivity index (χ2n) is 8.38. The number of rotatable bonds is 10. The molecule has 1 saturated carbocycles. The van der Waals surface area contributed by atoms with E-state index in [9.17, 15) is 4.79 Å². The van der Waals surface area contributed by atoms with Crippen LogP contribution in [0.4, 0.5) is 11.4 Å². The van der Waals surface area contributed by atoms with Gasteiger partial charge in [-0.25, -0.2) is 0 Å². The maximum absolute atomic E-state index is 12.6. The molecule has 0 aliphatic heterocycles. The van der Waals surface area contributed by atoms with E-state index in [1.54, 1.807) is 13.3 Å². The lowest BCUT2D eigenvalue weighted by Crippen LogP contribution is -2.25. The summed E-state index contributed by atoms with van der Waals surface area (Å²) in [5.41, 5.74) is 3.17. The molecule has 1 heterocycles. The number of carbonyl (C=O) groups is 1. The Morgan fingerprint density at radius 3 is 2.64 bits per heavy atom. The third-order valence-electron chi connectivity index (χ3n) is 5.99. The summed E-state index contributed by atoms with van der Waals surface area (Å²) in [5.74, 6) is 2.00. The van der Waals surface area contributed by atoms with Crippen molar-refractivity contribution in [2.24, 2.45) is 5.92 Å². The Labute approximate surface area is 195 Å². The highest BCUT2D eigenvalue weighted by Crippen LogP contribution is 2.32. The quantitative estimate of drug-likeness (QED) is 0.417. The molecule has 1 amide bonds. The van der Waals surface area contributed by atoms with E-state index in [1.807, 2.05) is 60.7 Å². The van der Waals surface area contributed by atoms with Crippen LogP contribution in [0.2, 0.25) is 0 Å². The molecule has 1 fully saturated rings. The number of pyridine rings is 1. The van der Waals surface area contributed by atoms with Crippen LogP contribution in [0.3, 0.4) is 0 Å². The number of methoxy groups -OCH3 is 1. The number of hydrogen-bond donors (Lipinski definition) is 2. The molecule has 1 aromatic heterocycles. The molecule has 6 nitrogen and oxygen atoms in total. The zero-order valence-electron chi connectivity index (χ0n) is 19.0. The Balaban J connectivity index is 1.35. The van der Waals surface area contributed by atoms with E-state index < -0.39 is 0 Å². The number of amides is 1. The fraction of sp³-hybridized carbons (Fsp3) is 0.333. The number of carbonyl (C=O) groups excluding carboxylic acids is 1. The summed E-state index contributed by atoms with van der Waals surface area (Å²) in [6.07, 6.45) is 8.06. The number of anilines is 2. The molecule has 0 atom stereocenters. The topological polar surface area (TPSA) is 72.5 Å². The first-order valence-corrected chi connectivity index (χ1v) is 11.6. The van der Waals surface area contributed by atoms with Crippen LogP contribution in [0.15, 0.2) is 66.9 Å². The van der Waals surface area contributed by atoms with E-state index in [0.717, 1.165) is 36.0 Å². The Morgan fingerprint density at radius 1 is 1.00 bits per heavy atom. The van der Waals surface area contributed by atoms with Gasteiger partial charge in [0.05, 0.1) is 12.8 Å². The minimum atomic E-state index is -0.0347. The Morgan fingerprint density at radius 2 is 1.85 bits per heavy atom. The number of nitrogens with one attached hydrogen (secondary N) is 2. The first-order valence-electron chi connectivity index (χ1n) is 11.6. The summed E-state index contributed by atoms with van der Waals surface area (Å²) >= 11 is 0. The molecule has 1 aliphatic carbocycles. The van der Waals surface area contributed by atoms with Crippen molar-refractivity contribution >= 4 is 17.3 Å². The van der Waals surface area contributed by atoms with Gasteiger partial charge in [-0.1, -0.05) is 37.8 Å². The number of hydrogen-bond acceptors (Lipinski definition) is 5. The number of benzene rings is 2. The molecular weight excluding hydrogens is 414 g/mol. The zero-order valence-corrected chi connectivity index (χ0v) is 19.0. The molecular formula is C27H31N3O3. The van der Waals surface area contributed by atoms with Crippen molar-refractivity contribution in [2.75, 3.05) is 19.0 Å². The van der Waals surface area contributed by atoms with Gasteiger partial charge >= 0.3 is 0 Å². The highest BCUT2D eigenvalue weighted by molar-refractivity contribution is 5.95. The van der Waals surface area contributed by atoms with Crippen molar-refractivity contribution in [2.45, 2.75) is 38.7 Å². The largest absolute Gasteiger partial charge is 0.493 e. The molecule has 6 heteroatoms. The fourth-order valence-electron chi connectivity index (χ4n) is 4.20. The summed E-state index contributed by atoms with van der Waals surface area (Å²) in [6, 6.07) is 18.9. The highest BCUT2D eigenvalue weighted by Gasteiger charge is 2.15. The van der Waals surface area contributed by atoms with Gasteiger partial charge in [0.1, 0.15) is 6.61 Å². The summed E-state index contributed by atoms with van der Waals surface area (Å²) < 4.78 is 11.4. The summed E-state index contributed by atoms with van der Waals surface area (Å²) in [5, 5.41) is 6.41. The molecule has 1 aliphatic rings. The lowest BCUT2D eigenvalue weighted by molar-refractivity contribution is 0.0951. The molecule has 2 N–H and O–H groups in total. The van der Waals surface area contributed by atoms with E-state index in [1.165, 1.54) is 25.7 Å². The van der Waals surface area contributed by atoms with Crippen LogP contribution in [0.1, 0.15) is 48.2 Å². The van der Waals surface area contributed by atoms with Crippen molar-refractivity contribution in [3.63, 3.8) is 0 Å². The fourth-order valence-corrected chi connectivity index (χ4v) is 4.20. The van der Waals surface area contributed by atoms with E-state index in [-0.39, 0.29) is 5.91 Å². The monoisotopic (exact) mass is 445 g/mol. The average molecular weight is 446 g/mol. The van der Waals surface area contributed by atoms with Crippen LogP contribution >= 0.6 is 0 Å². The first kappa shape index (κ1) is 22.6. The van der Waals surface area contributed by atoms with Crippen LogP contribution < -0.4 is 20.1 Å². The molecule has 0 radical (unpaired) electrons. The lowest BCUT2D eigenvalue weighted by atomic mass is 10.0. The SMILES string of the molecule is COc1cc(Nc2cccc(C(=O)NCCC3CCCC3)c2)ccc1OCc1ccccn1. The van der Waals surface area contributed by atoms with Gasteiger partial charge in [0.25, 0.3) is 5.91 Å². The molecule has 0 unspecified atom stereocenters. The molecule has 4 rings (SSSR count). The van der Waals surface area contributed by atoms with Crippen LogP contribution in [-0.4, -0.2) is 24.5 Å². The summed E-state index contributed by atoms with van der Waals surface area (Å²) in [6.45, 7) is 1.10. The second-order valence-corrected chi connectivity index (χ2v) is 8.38. The normalized spacial score (nSPS) is 13.5. The van der Waals surface area contributed by atoms with Crippen LogP contribution in [-0.2, 0) is 6.61 Å². The Kier molecular flexibility index (Phi) is 7.80. The summed E-state index contributed by atoms with van der Waals surface area (Å²) in [4.78, 5) is 16.8. The van der Waals surface area contributed by atoms with Gasteiger partial charge in [0, 0.05) is 35.7 Å². The van der Waals surface area contributed by atoms with Crippen molar-refractivity contribution in [1.29, 1.82) is 0 Å². The Bertz CT molecular complexity index is 1050. The number of nitrogens with zero attached hydrogens (tertiary/aromatic N) is 1. The molecule has 0 saturated heterocycles. The third-order valence-corrected chi connectivity index (χ3v) is 5.99. The van der Waals surface area contributed by atoms with Gasteiger partial charge in [0.2, 0.25) is 0 Å². The molecule has 0 bridgehead atoms. The van der Waals surface area contributed by atoms with Gasteiger partial charge in [-0.2, -0.15) is 0 Å². The smallest absolute Gasteiger partial charge is 0.251 e. The maximum atomic E-state index is 12.6. The minimum absolute atomic E-state index is 0.0347. The second kappa shape index (κ2) is 11.4. The molecule has 172 valence electrons. The van der Waals surface area contributed by atoms with E-state index in [2.05, 4.69) is 15.6 Å². The van der Waals surface area contributed by atoms with Gasteiger partial charge in [-0.05, 0) is 54.8 Å². The van der Waals surface area contributed by atoms with Crippen molar-refractivity contribution in [3.8, 4) is 11.5 Å². The van der Waals surface area contributed by atoms with Crippen LogP contribution in [0.5, 0.6) is 11.5 Å². The van der Waals surface area contributed by atoms with Crippen molar-refractivity contribution in [1.82, 2.24) is 10.3 Å². The van der Waals surface area contributed by atoms with Gasteiger partial charge in [-0.3, -0.25) is 9.78 Å². The van der Waals surface area contributed by atoms with E-state index in [0.29, 0.717) is 23.7 Å². The number of ether oxygens (including phenoxy) is 2. The molecule has 2 aromatic carbocycles. The van der Waals surface area contributed by atoms with Gasteiger partial charge in [0.15, 0.2) is 11.5 Å². The standard InChI is InChI=1S/C27H31N3O3/c1-32-26-18-23(12-13-25(26)33-19-24-10-4-5-15-28-24)30-22-11-6-9-21(17-22)27(31)29-16-14-20-7-2-3-8-20/h4-6,9-13,15,17-18,20,30H,2-3,7-8,14,16,19H2,1H3,(H,29,31). The molecule has 0 spiro atoms. The molecule has 33 heavy (non-hydrogen) atoms.